The van der Waals surface area contributed by atoms with E-state index < -0.39 is 0 Å². The fourth-order valence-corrected chi connectivity index (χ4v) is 6.90. The Hall–Kier alpha value is -2.39. The molecule has 0 spiro atoms. The van der Waals surface area contributed by atoms with E-state index in [1.165, 1.54) is 17.5 Å². The van der Waals surface area contributed by atoms with Crippen molar-refractivity contribution in [3.05, 3.63) is 83.9 Å². The summed E-state index contributed by atoms with van der Waals surface area (Å²) in [7, 11) is 0. The van der Waals surface area contributed by atoms with Crippen molar-refractivity contribution < 1.29 is 9.53 Å². The maximum absolute atomic E-state index is 13.9. The third-order valence-corrected chi connectivity index (χ3v) is 8.94. The van der Waals surface area contributed by atoms with Crippen LogP contribution in [0.1, 0.15) is 70.5 Å². The van der Waals surface area contributed by atoms with E-state index in [0.29, 0.717) is 17.9 Å². The zero-order chi connectivity index (χ0) is 23.9. The van der Waals surface area contributed by atoms with Crippen molar-refractivity contribution in [1.82, 2.24) is 4.90 Å². The lowest BCUT2D eigenvalue weighted by Crippen LogP contribution is -2.49. The highest BCUT2D eigenvalue weighted by molar-refractivity contribution is 5.78. The molecule has 1 heterocycles. The molecule has 5 rings (SSSR count). The van der Waals surface area contributed by atoms with E-state index in [4.69, 9.17) is 4.74 Å². The molecule has 180 valence electrons. The number of fused-ring (bicyclic) bond motifs is 2. The summed E-state index contributed by atoms with van der Waals surface area (Å²) >= 11 is 0. The third kappa shape index (κ3) is 4.24. The summed E-state index contributed by atoms with van der Waals surface area (Å²) in [6, 6.07) is 21.6. The van der Waals surface area contributed by atoms with E-state index in [0.717, 1.165) is 19.3 Å². The normalized spacial score (nSPS) is 32.0. The molecule has 3 aliphatic rings. The zero-order valence-corrected chi connectivity index (χ0v) is 21.1. The van der Waals surface area contributed by atoms with Crippen molar-refractivity contribution in [2.75, 3.05) is 0 Å². The van der Waals surface area contributed by atoms with Crippen LogP contribution in [0, 0.1) is 17.8 Å². The van der Waals surface area contributed by atoms with Crippen LogP contribution in [-0.4, -0.2) is 29.1 Å². The lowest BCUT2D eigenvalue weighted by Gasteiger charge is -2.45. The summed E-state index contributed by atoms with van der Waals surface area (Å²) in [6.45, 7) is 9.19. The first kappa shape index (κ1) is 23.4. The number of benzene rings is 2. The van der Waals surface area contributed by atoms with Gasteiger partial charge >= 0.3 is 5.97 Å². The van der Waals surface area contributed by atoms with Gasteiger partial charge in [0.25, 0.3) is 0 Å². The maximum atomic E-state index is 13.9. The molecule has 3 heteroatoms. The van der Waals surface area contributed by atoms with E-state index in [1.807, 2.05) is 0 Å². The second kappa shape index (κ2) is 9.34. The van der Waals surface area contributed by atoms with Crippen molar-refractivity contribution in [1.29, 1.82) is 0 Å². The van der Waals surface area contributed by atoms with E-state index >= 15 is 0 Å². The molecule has 2 aliphatic carbocycles. The fourth-order valence-electron chi connectivity index (χ4n) is 6.90. The average molecular weight is 458 g/mol. The fraction of sp³-hybridized carbons (Fsp3) is 0.516. The molecule has 2 aromatic rings. The number of hydrogen-bond donors (Lipinski definition) is 0. The van der Waals surface area contributed by atoms with E-state index in [-0.39, 0.29) is 35.5 Å². The SMILES string of the molecule is C[C@@H]1CC[C@@H](C(C)(C)c2ccccc2)[C@H](OC(=O)[C@@H]2[C@H]3C=C[C@H](C3)N2[C@@H](C)c2ccccc2)C1. The number of nitrogens with zero attached hydrogens (tertiary/aromatic N) is 1. The van der Waals surface area contributed by atoms with Gasteiger partial charge in [-0.2, -0.15) is 0 Å². The van der Waals surface area contributed by atoms with Gasteiger partial charge in [0, 0.05) is 23.9 Å². The average Bonchev–Trinajstić information content (AvgIpc) is 3.46. The minimum absolute atomic E-state index is 0.0207. The molecule has 3 nitrogen and oxygen atoms in total. The molecule has 0 amide bonds. The van der Waals surface area contributed by atoms with Crippen LogP contribution in [0.4, 0.5) is 0 Å². The number of carbonyl (C=O) groups excluding carboxylic acids is 1. The molecule has 7 atom stereocenters. The smallest absolute Gasteiger partial charge is 0.324 e. The largest absolute Gasteiger partial charge is 0.461 e. The number of carbonyl (C=O) groups is 1. The van der Waals surface area contributed by atoms with Crippen molar-refractivity contribution in [3.8, 4) is 0 Å². The molecule has 1 saturated heterocycles. The quantitative estimate of drug-likeness (QED) is 0.357. The van der Waals surface area contributed by atoms with Gasteiger partial charge in [-0.25, -0.2) is 0 Å². The van der Waals surface area contributed by atoms with E-state index in [1.54, 1.807) is 0 Å². The van der Waals surface area contributed by atoms with Crippen LogP contribution in [0.25, 0.3) is 0 Å². The summed E-state index contributed by atoms with van der Waals surface area (Å²) in [6.07, 6.45) is 8.78. The summed E-state index contributed by atoms with van der Waals surface area (Å²) in [5, 5.41) is 0. The van der Waals surface area contributed by atoms with Gasteiger partial charge in [-0.15, -0.1) is 0 Å². The predicted octanol–water partition coefficient (Wildman–Crippen LogP) is 6.70. The highest BCUT2D eigenvalue weighted by Crippen LogP contribution is 2.46. The van der Waals surface area contributed by atoms with Crippen molar-refractivity contribution in [2.45, 2.75) is 83.0 Å². The van der Waals surface area contributed by atoms with Crippen LogP contribution >= 0.6 is 0 Å². The number of hydrogen-bond acceptors (Lipinski definition) is 3. The minimum Gasteiger partial charge on any atom is -0.461 e. The van der Waals surface area contributed by atoms with Gasteiger partial charge in [-0.05, 0) is 48.6 Å². The first-order chi connectivity index (χ1) is 16.4. The molecule has 0 aromatic heterocycles. The Balaban J connectivity index is 1.38. The molecule has 0 radical (unpaired) electrons. The standard InChI is InChI=1S/C31H39NO2/c1-21-15-18-27(31(3,4)25-13-9-6-10-14-25)28(19-21)34-30(33)29-24-16-17-26(20-24)32(29)22(2)23-11-7-5-8-12-23/h5-14,16-17,21-22,24,26-29H,15,18-20H2,1-4H3/t21-,22+,24+,26-,27-,28-,29+/m1/s1. The summed E-state index contributed by atoms with van der Waals surface area (Å²) in [4.78, 5) is 16.3. The second-order valence-electron chi connectivity index (χ2n) is 11.4. The van der Waals surface area contributed by atoms with Gasteiger partial charge in [0.15, 0.2) is 0 Å². The predicted molar refractivity (Wildman–Crippen MR) is 137 cm³/mol. The molecule has 2 fully saturated rings. The van der Waals surface area contributed by atoms with E-state index in [9.17, 15) is 4.79 Å². The molecule has 0 N–H and O–H groups in total. The van der Waals surface area contributed by atoms with Crippen molar-refractivity contribution in [2.24, 2.45) is 17.8 Å². The van der Waals surface area contributed by atoms with Gasteiger partial charge in [0.2, 0.25) is 0 Å². The Morgan fingerprint density at radius 2 is 1.65 bits per heavy atom. The number of likely N-dealkylation sites (tertiary alicyclic amines) is 1. The summed E-state index contributed by atoms with van der Waals surface area (Å²) in [5.41, 5.74) is 2.55. The van der Waals surface area contributed by atoms with Gasteiger partial charge in [-0.3, -0.25) is 9.69 Å². The van der Waals surface area contributed by atoms with Crippen molar-refractivity contribution in [3.63, 3.8) is 0 Å². The van der Waals surface area contributed by atoms with Crippen LogP contribution in [0.5, 0.6) is 0 Å². The van der Waals surface area contributed by atoms with Gasteiger partial charge in [0.1, 0.15) is 12.1 Å². The molecule has 2 bridgehead atoms. The Morgan fingerprint density at radius 1 is 0.971 bits per heavy atom. The first-order valence-electron chi connectivity index (χ1n) is 13.1. The lowest BCUT2D eigenvalue weighted by molar-refractivity contribution is -0.164. The molecular formula is C31H39NO2. The second-order valence-corrected chi connectivity index (χ2v) is 11.4. The van der Waals surface area contributed by atoms with Crippen LogP contribution in [-0.2, 0) is 14.9 Å². The Morgan fingerprint density at radius 3 is 2.35 bits per heavy atom. The Bertz CT molecular complexity index is 1010. The maximum Gasteiger partial charge on any atom is 0.324 e. The molecule has 0 unspecified atom stereocenters. The van der Waals surface area contributed by atoms with Crippen LogP contribution < -0.4 is 0 Å². The van der Waals surface area contributed by atoms with Gasteiger partial charge in [-0.1, -0.05) is 100 Å². The summed E-state index contributed by atoms with van der Waals surface area (Å²) in [5.74, 6) is 1.14. The van der Waals surface area contributed by atoms with Crippen LogP contribution in [0.15, 0.2) is 72.8 Å². The van der Waals surface area contributed by atoms with Crippen molar-refractivity contribution >= 4 is 5.97 Å². The highest BCUT2D eigenvalue weighted by Gasteiger charge is 2.51. The van der Waals surface area contributed by atoms with E-state index in [2.05, 4.69) is 105 Å². The first-order valence-corrected chi connectivity index (χ1v) is 13.1. The molecule has 1 aliphatic heterocycles. The van der Waals surface area contributed by atoms with Crippen LogP contribution in [0.2, 0.25) is 0 Å². The highest BCUT2D eigenvalue weighted by atomic mass is 16.5. The summed E-state index contributed by atoms with van der Waals surface area (Å²) < 4.78 is 6.52. The Labute approximate surface area is 205 Å². The Kier molecular flexibility index (Phi) is 6.41. The molecule has 1 saturated carbocycles. The lowest BCUT2D eigenvalue weighted by atomic mass is 9.64. The number of esters is 1. The monoisotopic (exact) mass is 457 g/mol. The van der Waals surface area contributed by atoms with Crippen LogP contribution in [0.3, 0.4) is 0 Å². The topological polar surface area (TPSA) is 29.5 Å². The zero-order valence-electron chi connectivity index (χ0n) is 21.1. The molecule has 34 heavy (non-hydrogen) atoms. The van der Waals surface area contributed by atoms with Gasteiger partial charge < -0.3 is 4.74 Å². The van der Waals surface area contributed by atoms with Gasteiger partial charge in [0.05, 0.1) is 0 Å². The third-order valence-electron chi connectivity index (χ3n) is 8.94. The number of ether oxygens (including phenoxy) is 1. The molecular weight excluding hydrogens is 418 g/mol. The molecule has 2 aromatic carbocycles. The minimum atomic E-state index is -0.192. The number of rotatable bonds is 6.